The lowest BCUT2D eigenvalue weighted by molar-refractivity contribution is 0.311. The molecule has 0 fully saturated rings. The van der Waals surface area contributed by atoms with Gasteiger partial charge in [-0.2, -0.15) is 8.42 Å². The Hall–Kier alpha value is -0.260. The number of hydrogen-bond donors (Lipinski definition) is 2. The second kappa shape index (κ2) is 51.3. The predicted molar refractivity (Wildman–Crippen MR) is 14.9 cm³/mol. The Balaban J connectivity index is 0. The smallest absolute Gasteiger partial charge is 0.320 e. The standard InChI is InChI=1S/H3NO.O2S/c1-2;1-3-2/h2H,1H2;. The molecule has 0 heterocycles. The van der Waals surface area contributed by atoms with Crippen LogP contribution in [0.4, 0.5) is 0 Å². The Morgan fingerprint density at radius 1 is 1.40 bits per heavy atom. The number of hydrogen-bond acceptors (Lipinski definition) is 4. The maximum Gasteiger partial charge on any atom is 0.335 e. The molecule has 0 saturated heterocycles. The molecule has 0 aromatic carbocycles. The van der Waals surface area contributed by atoms with Gasteiger partial charge in [0.25, 0.3) is 0 Å². The van der Waals surface area contributed by atoms with Crippen LogP contribution in [0.1, 0.15) is 0 Å². The van der Waals surface area contributed by atoms with Crippen LogP contribution in [0.2, 0.25) is 0 Å². The average molecular weight is 97.1 g/mol. The van der Waals surface area contributed by atoms with E-state index in [1.54, 1.807) is 0 Å². The number of rotatable bonds is 0. The van der Waals surface area contributed by atoms with E-state index >= 15 is 0 Å². The van der Waals surface area contributed by atoms with Crippen molar-refractivity contribution in [2.24, 2.45) is 5.90 Å². The largest absolute Gasteiger partial charge is 0.335 e. The molecule has 0 spiro atoms. The summed E-state index contributed by atoms with van der Waals surface area (Å²) in [4.78, 5) is 0. The van der Waals surface area contributed by atoms with Crippen molar-refractivity contribution in [2.45, 2.75) is 0 Å². The molecular formula is H3NO3S. The molecule has 0 amide bonds. The van der Waals surface area contributed by atoms with Crippen LogP contribution < -0.4 is 5.90 Å². The zero-order valence-electron chi connectivity index (χ0n) is 2.25. The van der Waals surface area contributed by atoms with Crippen LogP contribution in [0.5, 0.6) is 0 Å². The monoisotopic (exact) mass is 97.0 g/mol. The lowest BCUT2D eigenvalue weighted by Crippen LogP contribution is -1.72. The van der Waals surface area contributed by atoms with Crippen molar-refractivity contribution in [3.8, 4) is 0 Å². The predicted octanol–water partition coefficient (Wildman–Crippen LogP) is -1.34. The highest BCUT2D eigenvalue weighted by Gasteiger charge is 1.12. The van der Waals surface area contributed by atoms with Gasteiger partial charge in [0.15, 0.2) is 0 Å². The van der Waals surface area contributed by atoms with Gasteiger partial charge in [0.1, 0.15) is 0 Å². The molecule has 0 aromatic rings. The highest BCUT2D eigenvalue weighted by molar-refractivity contribution is 7.51. The Morgan fingerprint density at radius 3 is 1.40 bits per heavy atom. The first-order chi connectivity index (χ1) is 2.41. The van der Waals surface area contributed by atoms with Crippen LogP contribution in [-0.4, -0.2) is 13.6 Å². The summed E-state index contributed by atoms with van der Waals surface area (Å²) in [6.45, 7) is 0. The van der Waals surface area contributed by atoms with Gasteiger partial charge in [-0.3, -0.25) is 0 Å². The third-order valence-corrected chi connectivity index (χ3v) is 0. The van der Waals surface area contributed by atoms with E-state index in [4.69, 9.17) is 13.6 Å². The normalized spacial score (nSPS) is 3.60. The molecule has 0 aromatic heterocycles. The first-order valence-corrected chi connectivity index (χ1v) is 1.26. The minimum absolute atomic E-state index is 0.750. The van der Waals surface area contributed by atoms with Gasteiger partial charge in [0, 0.05) is 0 Å². The van der Waals surface area contributed by atoms with Gasteiger partial charge in [-0.05, 0) is 0 Å². The second-order valence-corrected chi connectivity index (χ2v) is 0.204. The summed E-state index contributed by atoms with van der Waals surface area (Å²) in [5, 5.41) is 6.50. The van der Waals surface area contributed by atoms with Gasteiger partial charge in [0.2, 0.25) is 0 Å². The lowest BCUT2D eigenvalue weighted by atomic mass is 13.6. The fourth-order valence-corrected chi connectivity index (χ4v) is 0. The van der Waals surface area contributed by atoms with E-state index in [1.807, 2.05) is 0 Å². The highest BCUT2D eigenvalue weighted by Crippen LogP contribution is 0.846. The molecule has 0 atom stereocenters. The molecule has 0 aliphatic carbocycles. The average Bonchev–Trinajstić information content (AvgIpc) is 1.46. The van der Waals surface area contributed by atoms with E-state index in [0.717, 1.165) is 0 Å². The van der Waals surface area contributed by atoms with E-state index in [9.17, 15) is 0 Å². The summed E-state index contributed by atoms with van der Waals surface area (Å²) < 4.78 is 16.6. The minimum atomic E-state index is -0.750. The van der Waals surface area contributed by atoms with E-state index in [0.29, 0.717) is 0 Å². The van der Waals surface area contributed by atoms with Crippen molar-refractivity contribution in [3.63, 3.8) is 0 Å². The van der Waals surface area contributed by atoms with E-state index in [2.05, 4.69) is 5.90 Å². The highest BCUT2D eigenvalue weighted by atomic mass is 32.1. The van der Waals surface area contributed by atoms with E-state index in [-0.39, 0.29) is 0 Å². The fourth-order valence-electron chi connectivity index (χ4n) is 0. The van der Waals surface area contributed by atoms with Crippen molar-refractivity contribution in [1.29, 1.82) is 0 Å². The molecule has 0 aliphatic heterocycles. The molecule has 0 rings (SSSR count). The van der Waals surface area contributed by atoms with Gasteiger partial charge in [-0.1, -0.05) is 0 Å². The zero-order valence-corrected chi connectivity index (χ0v) is 3.07. The van der Waals surface area contributed by atoms with Gasteiger partial charge in [-0.25, -0.2) is 5.90 Å². The van der Waals surface area contributed by atoms with Crippen molar-refractivity contribution < 1.29 is 13.6 Å². The minimum Gasteiger partial charge on any atom is -0.320 e. The first kappa shape index (κ1) is 8.83. The molecule has 0 unspecified atom stereocenters. The molecule has 5 heavy (non-hydrogen) atoms. The summed E-state index contributed by atoms with van der Waals surface area (Å²) in [5.41, 5.74) is 0. The van der Waals surface area contributed by atoms with Gasteiger partial charge in [-0.15, -0.1) is 0 Å². The fraction of sp³-hybridized carbons (Fsp3) is 0. The Kier molecular flexibility index (Phi) is 90.6. The maximum atomic E-state index is 8.29. The molecular weight excluding hydrogens is 94.1 g/mol. The SMILES string of the molecule is NO.O=S=O. The zero-order chi connectivity index (χ0) is 4.71. The summed E-state index contributed by atoms with van der Waals surface area (Å²) >= 11 is -0.750. The van der Waals surface area contributed by atoms with Gasteiger partial charge >= 0.3 is 11.6 Å². The van der Waals surface area contributed by atoms with Gasteiger partial charge in [0.05, 0.1) is 0 Å². The molecule has 3 N–H and O–H groups in total. The van der Waals surface area contributed by atoms with Crippen molar-refractivity contribution >= 4 is 11.6 Å². The summed E-state index contributed by atoms with van der Waals surface area (Å²) in [7, 11) is 0. The molecule has 0 radical (unpaired) electrons. The van der Waals surface area contributed by atoms with Crippen molar-refractivity contribution in [1.82, 2.24) is 0 Å². The molecule has 0 saturated carbocycles. The van der Waals surface area contributed by atoms with Crippen LogP contribution in [0.15, 0.2) is 0 Å². The van der Waals surface area contributed by atoms with Crippen LogP contribution in [0.25, 0.3) is 0 Å². The Morgan fingerprint density at radius 2 is 1.40 bits per heavy atom. The summed E-state index contributed by atoms with van der Waals surface area (Å²) in [6.07, 6.45) is 0. The number of nitrogens with two attached hydrogens (primary N) is 1. The molecule has 0 aliphatic rings. The van der Waals surface area contributed by atoms with Crippen LogP contribution in [0.3, 0.4) is 0 Å². The molecule has 4 nitrogen and oxygen atoms in total. The Bertz CT molecular complexity index is 27.9. The third kappa shape index (κ3) is 168. The van der Waals surface area contributed by atoms with Crippen LogP contribution in [0, 0.1) is 0 Å². The van der Waals surface area contributed by atoms with Crippen molar-refractivity contribution in [2.75, 3.05) is 0 Å². The molecule has 0 bridgehead atoms. The maximum absolute atomic E-state index is 8.29. The third-order valence-electron chi connectivity index (χ3n) is 0. The van der Waals surface area contributed by atoms with Crippen molar-refractivity contribution in [3.05, 3.63) is 0 Å². The first-order valence-electron chi connectivity index (χ1n) is 0.592. The van der Waals surface area contributed by atoms with Crippen LogP contribution >= 0.6 is 0 Å². The second-order valence-electron chi connectivity index (χ2n) is 0.0680. The van der Waals surface area contributed by atoms with E-state index in [1.165, 1.54) is 0 Å². The van der Waals surface area contributed by atoms with E-state index < -0.39 is 11.6 Å². The molecule has 5 heteroatoms. The van der Waals surface area contributed by atoms with Crippen LogP contribution in [-0.2, 0) is 11.6 Å². The van der Waals surface area contributed by atoms with Gasteiger partial charge < -0.3 is 5.21 Å². The summed E-state index contributed by atoms with van der Waals surface area (Å²) in [5.74, 6) is 3.50. The quantitative estimate of drug-likeness (QED) is 0.367. The topological polar surface area (TPSA) is 80.4 Å². The molecule has 32 valence electrons. The Labute approximate surface area is 32.2 Å². The summed E-state index contributed by atoms with van der Waals surface area (Å²) in [6, 6.07) is 0. The lowest BCUT2D eigenvalue weighted by Gasteiger charge is -1.27.